The van der Waals surface area contributed by atoms with Gasteiger partial charge in [0, 0.05) is 5.88 Å². The fourth-order valence-electron chi connectivity index (χ4n) is 1.37. The quantitative estimate of drug-likeness (QED) is 0.724. The van der Waals surface area contributed by atoms with Gasteiger partial charge in [-0.2, -0.15) is 0 Å². The first kappa shape index (κ1) is 9.46. The van der Waals surface area contributed by atoms with E-state index in [1.165, 1.54) is 0 Å². The highest BCUT2D eigenvalue weighted by Crippen LogP contribution is 2.42. The molecule has 76 valence electrons. The molecule has 0 atom stereocenters. The fraction of sp³-hybridized carbons (Fsp3) is 0.400. The van der Waals surface area contributed by atoms with E-state index in [1.54, 1.807) is 0 Å². The van der Waals surface area contributed by atoms with E-state index in [2.05, 4.69) is 0 Å². The molecule has 1 aliphatic rings. The summed E-state index contributed by atoms with van der Waals surface area (Å²) in [4.78, 5) is 0. The van der Waals surface area contributed by atoms with Crippen molar-refractivity contribution < 1.29 is 14.2 Å². The van der Waals surface area contributed by atoms with Crippen LogP contribution in [0.1, 0.15) is 12.5 Å². The van der Waals surface area contributed by atoms with Gasteiger partial charge in [0.25, 0.3) is 0 Å². The topological polar surface area (TPSA) is 27.7 Å². The summed E-state index contributed by atoms with van der Waals surface area (Å²) < 4.78 is 16.0. The van der Waals surface area contributed by atoms with Gasteiger partial charge in [-0.3, -0.25) is 0 Å². The normalized spacial score (nSPS) is 13.0. The van der Waals surface area contributed by atoms with Crippen LogP contribution in [0.5, 0.6) is 17.2 Å². The first-order chi connectivity index (χ1) is 6.85. The molecule has 0 aliphatic carbocycles. The number of ether oxygens (including phenoxy) is 3. The van der Waals surface area contributed by atoms with E-state index in [9.17, 15) is 0 Å². The molecular weight excluding hydrogens is 204 g/mol. The molecule has 4 heteroatoms. The predicted octanol–water partition coefficient (Wildman–Crippen LogP) is 2.55. The average molecular weight is 215 g/mol. The molecule has 1 aromatic rings. The Bertz CT molecular complexity index is 338. The zero-order chi connectivity index (χ0) is 9.97. The molecule has 0 saturated heterocycles. The Balaban J connectivity index is 2.41. The van der Waals surface area contributed by atoms with E-state index >= 15 is 0 Å². The van der Waals surface area contributed by atoms with Gasteiger partial charge >= 0.3 is 0 Å². The maximum Gasteiger partial charge on any atom is 0.231 e. The van der Waals surface area contributed by atoms with Crippen molar-refractivity contribution in [2.75, 3.05) is 13.4 Å². The van der Waals surface area contributed by atoms with Gasteiger partial charge in [0.15, 0.2) is 11.5 Å². The molecule has 1 aliphatic heterocycles. The van der Waals surface area contributed by atoms with Gasteiger partial charge in [0.2, 0.25) is 12.5 Å². The lowest BCUT2D eigenvalue weighted by Crippen LogP contribution is -1.96. The van der Waals surface area contributed by atoms with Gasteiger partial charge < -0.3 is 14.2 Å². The zero-order valence-corrected chi connectivity index (χ0v) is 8.63. The zero-order valence-electron chi connectivity index (χ0n) is 7.88. The molecule has 0 spiro atoms. The van der Waals surface area contributed by atoms with E-state index < -0.39 is 0 Å². The Morgan fingerprint density at radius 3 is 3.00 bits per heavy atom. The number of alkyl halides is 1. The largest absolute Gasteiger partial charge is 0.490 e. The second-order valence-electron chi connectivity index (χ2n) is 2.89. The first-order valence-corrected chi connectivity index (χ1v) is 5.00. The lowest BCUT2D eigenvalue weighted by Gasteiger charge is -2.08. The van der Waals surface area contributed by atoms with E-state index in [0.717, 1.165) is 5.56 Å². The van der Waals surface area contributed by atoms with Crippen LogP contribution in [0.4, 0.5) is 0 Å². The molecule has 2 rings (SSSR count). The highest BCUT2D eigenvalue weighted by molar-refractivity contribution is 6.17. The van der Waals surface area contributed by atoms with E-state index in [4.69, 9.17) is 25.8 Å². The Hall–Kier alpha value is -1.09. The minimum Gasteiger partial charge on any atom is -0.490 e. The minimum atomic E-state index is 0.251. The van der Waals surface area contributed by atoms with E-state index in [-0.39, 0.29) is 6.79 Å². The third-order valence-electron chi connectivity index (χ3n) is 1.95. The molecule has 1 aromatic carbocycles. The minimum absolute atomic E-state index is 0.251. The SMILES string of the molecule is CCOc1cc(CCl)cc2c1OCO2. The summed E-state index contributed by atoms with van der Waals surface area (Å²) in [6.45, 7) is 2.78. The Kier molecular flexibility index (Phi) is 2.68. The third kappa shape index (κ3) is 1.60. The highest BCUT2D eigenvalue weighted by atomic mass is 35.5. The van der Waals surface area contributed by atoms with Crippen molar-refractivity contribution in [1.82, 2.24) is 0 Å². The summed E-state index contributed by atoms with van der Waals surface area (Å²) in [6, 6.07) is 3.75. The van der Waals surface area contributed by atoms with Crippen molar-refractivity contribution >= 4 is 11.6 Å². The monoisotopic (exact) mass is 214 g/mol. The predicted molar refractivity (Wildman–Crippen MR) is 53.3 cm³/mol. The van der Waals surface area contributed by atoms with Gasteiger partial charge in [-0.15, -0.1) is 11.6 Å². The molecule has 0 radical (unpaired) electrons. The van der Waals surface area contributed by atoms with Crippen LogP contribution < -0.4 is 14.2 Å². The van der Waals surface area contributed by atoms with Gasteiger partial charge in [-0.25, -0.2) is 0 Å². The van der Waals surface area contributed by atoms with Crippen LogP contribution in [0.25, 0.3) is 0 Å². The van der Waals surface area contributed by atoms with Crippen LogP contribution in [-0.2, 0) is 5.88 Å². The van der Waals surface area contributed by atoms with Gasteiger partial charge in [0.05, 0.1) is 6.61 Å². The van der Waals surface area contributed by atoms with Crippen molar-refractivity contribution in [3.8, 4) is 17.2 Å². The molecule has 0 N–H and O–H groups in total. The second kappa shape index (κ2) is 3.96. The van der Waals surface area contributed by atoms with Crippen LogP contribution in [0, 0.1) is 0 Å². The van der Waals surface area contributed by atoms with Crippen LogP contribution >= 0.6 is 11.6 Å². The number of benzene rings is 1. The lowest BCUT2D eigenvalue weighted by molar-refractivity contribution is 0.170. The lowest BCUT2D eigenvalue weighted by atomic mass is 10.2. The molecular formula is C10H11ClO3. The van der Waals surface area contributed by atoms with E-state index in [0.29, 0.717) is 29.7 Å². The Morgan fingerprint density at radius 2 is 2.29 bits per heavy atom. The molecule has 3 nitrogen and oxygen atoms in total. The number of hydrogen-bond donors (Lipinski definition) is 0. The fourth-order valence-corrected chi connectivity index (χ4v) is 1.53. The number of halogens is 1. The summed E-state index contributed by atoms with van der Waals surface area (Å²) in [5.74, 6) is 2.54. The van der Waals surface area contributed by atoms with Crippen LogP contribution in [0.3, 0.4) is 0 Å². The van der Waals surface area contributed by atoms with Crippen LogP contribution in [0.15, 0.2) is 12.1 Å². The molecule has 14 heavy (non-hydrogen) atoms. The number of rotatable bonds is 3. The molecule has 1 heterocycles. The Morgan fingerprint density at radius 1 is 1.43 bits per heavy atom. The van der Waals surface area contributed by atoms with Crippen molar-refractivity contribution in [3.05, 3.63) is 17.7 Å². The van der Waals surface area contributed by atoms with E-state index in [1.807, 2.05) is 19.1 Å². The van der Waals surface area contributed by atoms with Crippen LogP contribution in [-0.4, -0.2) is 13.4 Å². The van der Waals surface area contributed by atoms with Gasteiger partial charge in [-0.05, 0) is 24.6 Å². The third-order valence-corrected chi connectivity index (χ3v) is 2.26. The van der Waals surface area contributed by atoms with Crippen molar-refractivity contribution in [3.63, 3.8) is 0 Å². The standard InChI is InChI=1S/C10H11ClO3/c1-2-12-8-3-7(5-11)4-9-10(8)14-6-13-9/h3-4H,2,5-6H2,1H3. The molecule has 0 bridgehead atoms. The smallest absolute Gasteiger partial charge is 0.231 e. The summed E-state index contributed by atoms with van der Waals surface area (Å²) in [7, 11) is 0. The molecule has 0 saturated carbocycles. The summed E-state index contributed by atoms with van der Waals surface area (Å²) in [6.07, 6.45) is 0. The highest BCUT2D eigenvalue weighted by Gasteiger charge is 2.19. The average Bonchev–Trinajstić information content (AvgIpc) is 2.66. The maximum absolute atomic E-state index is 5.75. The number of fused-ring (bicyclic) bond motifs is 1. The van der Waals surface area contributed by atoms with Crippen molar-refractivity contribution in [2.24, 2.45) is 0 Å². The van der Waals surface area contributed by atoms with Crippen molar-refractivity contribution in [2.45, 2.75) is 12.8 Å². The number of hydrogen-bond acceptors (Lipinski definition) is 3. The van der Waals surface area contributed by atoms with Gasteiger partial charge in [-0.1, -0.05) is 0 Å². The van der Waals surface area contributed by atoms with Crippen molar-refractivity contribution in [1.29, 1.82) is 0 Å². The maximum atomic E-state index is 5.75. The summed E-state index contributed by atoms with van der Waals surface area (Å²) in [5.41, 5.74) is 0.972. The summed E-state index contributed by atoms with van der Waals surface area (Å²) >= 11 is 5.75. The molecule has 0 unspecified atom stereocenters. The Labute approximate surface area is 87.5 Å². The molecule has 0 fully saturated rings. The summed E-state index contributed by atoms with van der Waals surface area (Å²) in [5, 5.41) is 0. The first-order valence-electron chi connectivity index (χ1n) is 4.46. The van der Waals surface area contributed by atoms with Gasteiger partial charge in [0.1, 0.15) is 0 Å². The second-order valence-corrected chi connectivity index (χ2v) is 3.16. The molecule has 0 aromatic heterocycles. The van der Waals surface area contributed by atoms with Crippen LogP contribution in [0.2, 0.25) is 0 Å². The molecule has 0 amide bonds.